The number of aromatic nitrogens is 1. The van der Waals surface area contributed by atoms with E-state index in [2.05, 4.69) is 10.3 Å². The number of pyridine rings is 1. The first-order valence-electron chi connectivity index (χ1n) is 5.53. The zero-order valence-corrected chi connectivity index (χ0v) is 9.91. The van der Waals surface area contributed by atoms with E-state index in [0.29, 0.717) is 23.5 Å². The van der Waals surface area contributed by atoms with Crippen molar-refractivity contribution in [3.8, 4) is 6.07 Å². The first-order valence-corrected chi connectivity index (χ1v) is 5.53. The Morgan fingerprint density at radius 2 is 2.11 bits per heavy atom. The molecule has 1 N–H and O–H groups in total. The first kappa shape index (κ1) is 12.5. The van der Waals surface area contributed by atoms with E-state index < -0.39 is 4.92 Å². The molecule has 0 bridgehead atoms. The molecule has 6 nitrogen and oxygen atoms in total. The monoisotopic (exact) mass is 254 g/mol. The summed E-state index contributed by atoms with van der Waals surface area (Å²) in [5.41, 5.74) is 1.12. The zero-order chi connectivity index (χ0) is 13.7. The second kappa shape index (κ2) is 5.60. The van der Waals surface area contributed by atoms with Gasteiger partial charge in [0.2, 0.25) is 0 Å². The van der Waals surface area contributed by atoms with Gasteiger partial charge in [0, 0.05) is 24.4 Å². The highest BCUT2D eigenvalue weighted by atomic mass is 16.6. The summed E-state index contributed by atoms with van der Waals surface area (Å²) in [4.78, 5) is 14.5. The lowest BCUT2D eigenvalue weighted by Crippen LogP contribution is -2.04. The molecule has 0 atom stereocenters. The Hall–Kier alpha value is -2.94. The van der Waals surface area contributed by atoms with Gasteiger partial charge in [-0.25, -0.2) is 4.98 Å². The fraction of sp³-hybridized carbons (Fsp3) is 0.0769. The van der Waals surface area contributed by atoms with Crippen molar-refractivity contribution in [3.63, 3.8) is 0 Å². The van der Waals surface area contributed by atoms with Crippen LogP contribution in [0.2, 0.25) is 0 Å². The van der Waals surface area contributed by atoms with Crippen LogP contribution < -0.4 is 5.32 Å². The van der Waals surface area contributed by atoms with Gasteiger partial charge in [0.1, 0.15) is 11.9 Å². The van der Waals surface area contributed by atoms with E-state index in [0.717, 1.165) is 0 Å². The fourth-order valence-corrected chi connectivity index (χ4v) is 1.59. The molecule has 19 heavy (non-hydrogen) atoms. The normalized spacial score (nSPS) is 9.63. The zero-order valence-electron chi connectivity index (χ0n) is 9.91. The van der Waals surface area contributed by atoms with Gasteiger partial charge in [0.25, 0.3) is 5.69 Å². The van der Waals surface area contributed by atoms with Crippen molar-refractivity contribution in [1.29, 1.82) is 5.26 Å². The molecule has 0 spiro atoms. The summed E-state index contributed by atoms with van der Waals surface area (Å²) in [5, 5.41) is 22.5. The molecule has 0 saturated carbocycles. The molecule has 0 amide bonds. The van der Waals surface area contributed by atoms with Gasteiger partial charge in [-0.05, 0) is 12.1 Å². The van der Waals surface area contributed by atoms with Crippen LogP contribution in [0.5, 0.6) is 0 Å². The Bertz CT molecular complexity index is 632. The van der Waals surface area contributed by atoms with Crippen LogP contribution in [0.4, 0.5) is 11.5 Å². The van der Waals surface area contributed by atoms with E-state index >= 15 is 0 Å². The Morgan fingerprint density at radius 1 is 1.32 bits per heavy atom. The lowest BCUT2D eigenvalue weighted by Gasteiger charge is -2.06. The number of para-hydroxylation sites is 1. The summed E-state index contributed by atoms with van der Waals surface area (Å²) in [6.07, 6.45) is 1.45. The van der Waals surface area contributed by atoms with E-state index in [9.17, 15) is 10.1 Å². The molecule has 0 aliphatic carbocycles. The van der Waals surface area contributed by atoms with Crippen molar-refractivity contribution in [2.24, 2.45) is 0 Å². The van der Waals surface area contributed by atoms with Gasteiger partial charge in [-0.3, -0.25) is 10.1 Å². The van der Waals surface area contributed by atoms with Gasteiger partial charge < -0.3 is 5.32 Å². The average molecular weight is 254 g/mol. The van der Waals surface area contributed by atoms with Crippen molar-refractivity contribution < 1.29 is 4.92 Å². The topological polar surface area (TPSA) is 91.8 Å². The maximum atomic E-state index is 10.8. The smallest absolute Gasteiger partial charge is 0.274 e. The first-order chi connectivity index (χ1) is 9.20. The largest absolute Gasteiger partial charge is 0.366 e. The third-order valence-electron chi connectivity index (χ3n) is 2.54. The molecule has 2 aromatic rings. The second-order valence-corrected chi connectivity index (χ2v) is 3.78. The van der Waals surface area contributed by atoms with E-state index in [-0.39, 0.29) is 5.69 Å². The highest BCUT2D eigenvalue weighted by Gasteiger charge is 2.11. The standard InChI is InChI=1S/C13H10N4O2/c14-7-10-5-6-13(15-8-10)16-9-11-3-1-2-4-12(11)17(18)19/h1-6,8H,9H2,(H,15,16). The number of hydrogen-bond acceptors (Lipinski definition) is 5. The summed E-state index contributed by atoms with van der Waals surface area (Å²) in [6, 6.07) is 11.8. The Morgan fingerprint density at radius 3 is 2.74 bits per heavy atom. The molecule has 1 heterocycles. The maximum Gasteiger partial charge on any atom is 0.274 e. The van der Waals surface area contributed by atoms with Crippen LogP contribution in [0.3, 0.4) is 0 Å². The predicted octanol–water partition coefficient (Wildman–Crippen LogP) is 2.47. The van der Waals surface area contributed by atoms with Gasteiger partial charge >= 0.3 is 0 Å². The fourth-order valence-electron chi connectivity index (χ4n) is 1.59. The molecule has 0 fully saturated rings. The molecule has 0 aliphatic rings. The third-order valence-corrected chi connectivity index (χ3v) is 2.54. The third kappa shape index (κ3) is 3.04. The van der Waals surface area contributed by atoms with Gasteiger partial charge in [-0.15, -0.1) is 0 Å². The molecule has 1 aromatic heterocycles. The predicted molar refractivity (Wildman–Crippen MR) is 69.4 cm³/mol. The minimum atomic E-state index is -0.413. The number of nitro groups is 1. The molecule has 0 unspecified atom stereocenters. The molecule has 0 radical (unpaired) electrons. The van der Waals surface area contributed by atoms with Crippen LogP contribution in [-0.4, -0.2) is 9.91 Å². The summed E-state index contributed by atoms with van der Waals surface area (Å²) in [5.74, 6) is 0.567. The number of rotatable bonds is 4. The number of anilines is 1. The van der Waals surface area contributed by atoms with Crippen molar-refractivity contribution in [3.05, 3.63) is 63.8 Å². The number of hydrogen-bond donors (Lipinski definition) is 1. The number of nitrogens with one attached hydrogen (secondary N) is 1. The highest BCUT2D eigenvalue weighted by molar-refractivity contribution is 5.44. The number of benzene rings is 1. The number of nitro benzene ring substituents is 1. The lowest BCUT2D eigenvalue weighted by molar-refractivity contribution is -0.385. The summed E-state index contributed by atoms with van der Waals surface area (Å²) in [7, 11) is 0. The molecular weight excluding hydrogens is 244 g/mol. The van der Waals surface area contributed by atoms with E-state index in [1.165, 1.54) is 12.3 Å². The minimum Gasteiger partial charge on any atom is -0.366 e. The molecule has 94 valence electrons. The Labute approximate surface area is 109 Å². The molecule has 2 rings (SSSR count). The van der Waals surface area contributed by atoms with E-state index in [1.807, 2.05) is 6.07 Å². The van der Waals surface area contributed by atoms with Crippen LogP contribution in [0.25, 0.3) is 0 Å². The van der Waals surface area contributed by atoms with Gasteiger partial charge in [-0.2, -0.15) is 5.26 Å². The highest BCUT2D eigenvalue weighted by Crippen LogP contribution is 2.18. The van der Waals surface area contributed by atoms with Crippen LogP contribution >= 0.6 is 0 Å². The summed E-state index contributed by atoms with van der Waals surface area (Å²) >= 11 is 0. The van der Waals surface area contributed by atoms with Crippen LogP contribution in [-0.2, 0) is 6.54 Å². The minimum absolute atomic E-state index is 0.0728. The quantitative estimate of drug-likeness (QED) is 0.668. The lowest BCUT2D eigenvalue weighted by atomic mass is 10.2. The van der Waals surface area contributed by atoms with Crippen molar-refractivity contribution in [2.45, 2.75) is 6.54 Å². The van der Waals surface area contributed by atoms with Crippen molar-refractivity contribution in [1.82, 2.24) is 4.98 Å². The number of nitriles is 1. The van der Waals surface area contributed by atoms with E-state index in [4.69, 9.17) is 5.26 Å². The molecule has 0 saturated heterocycles. The summed E-state index contributed by atoms with van der Waals surface area (Å²) in [6.45, 7) is 0.302. The van der Waals surface area contributed by atoms with Gasteiger partial charge in [0.15, 0.2) is 0 Å². The van der Waals surface area contributed by atoms with Crippen molar-refractivity contribution in [2.75, 3.05) is 5.32 Å². The average Bonchev–Trinajstić information content (AvgIpc) is 2.46. The van der Waals surface area contributed by atoms with Crippen molar-refractivity contribution >= 4 is 11.5 Å². The van der Waals surface area contributed by atoms with E-state index in [1.54, 1.807) is 30.3 Å². The Kier molecular flexibility index (Phi) is 3.69. The van der Waals surface area contributed by atoms with Crippen LogP contribution in [0.15, 0.2) is 42.6 Å². The molecule has 0 aliphatic heterocycles. The molecular formula is C13H10N4O2. The second-order valence-electron chi connectivity index (χ2n) is 3.78. The SMILES string of the molecule is N#Cc1ccc(NCc2ccccc2[N+](=O)[O-])nc1. The maximum absolute atomic E-state index is 10.8. The Balaban J connectivity index is 2.10. The van der Waals surface area contributed by atoms with Gasteiger partial charge in [-0.1, -0.05) is 18.2 Å². The van der Waals surface area contributed by atoms with Gasteiger partial charge in [0.05, 0.1) is 10.5 Å². The van der Waals surface area contributed by atoms with Crippen LogP contribution in [0.1, 0.15) is 11.1 Å². The molecule has 1 aromatic carbocycles. The van der Waals surface area contributed by atoms with Crippen LogP contribution in [0, 0.1) is 21.4 Å². The number of nitrogens with zero attached hydrogens (tertiary/aromatic N) is 3. The summed E-state index contributed by atoms with van der Waals surface area (Å²) < 4.78 is 0. The molecule has 6 heteroatoms.